The normalized spacial score (nSPS) is 13.3. The van der Waals surface area contributed by atoms with Crippen molar-refractivity contribution in [3.05, 3.63) is 87.5 Å². The van der Waals surface area contributed by atoms with Crippen LogP contribution in [0.15, 0.2) is 59.7 Å². The number of rotatable bonds is 18. The van der Waals surface area contributed by atoms with Crippen molar-refractivity contribution in [1.29, 1.82) is 0 Å². The van der Waals surface area contributed by atoms with E-state index in [0.29, 0.717) is 0 Å². The van der Waals surface area contributed by atoms with Crippen molar-refractivity contribution in [3.63, 3.8) is 0 Å². The summed E-state index contributed by atoms with van der Waals surface area (Å²) in [5.41, 5.74) is 21.8. The molecule has 2 nitrogen and oxygen atoms in total. The SMILES string of the molecule is CCCCCCC1=C(c2cccc(CCCCC)c2)[N+](=[N-])C(c2cccc(CCCCC)c2)=C1CCCC.[CH3][Ni][CH3]. The predicted molar refractivity (Wildman–Crippen MR) is 177 cm³/mol. The molecule has 0 unspecified atom stereocenters. The Hall–Kier alpha value is -1.99. The molecule has 0 fully saturated rings. The summed E-state index contributed by atoms with van der Waals surface area (Å²) >= 11 is 1.62. The molecule has 2 aromatic carbocycles. The molecule has 230 valence electrons. The van der Waals surface area contributed by atoms with Crippen molar-refractivity contribution in [2.45, 2.75) is 142 Å². The van der Waals surface area contributed by atoms with Crippen LogP contribution in [0.4, 0.5) is 0 Å². The second kappa shape index (κ2) is 20.8. The molecule has 0 saturated heterocycles. The van der Waals surface area contributed by atoms with Crippen molar-refractivity contribution < 1.29 is 19.1 Å². The van der Waals surface area contributed by atoms with Gasteiger partial charge in [0, 0.05) is 22.3 Å². The van der Waals surface area contributed by atoms with Crippen molar-refractivity contribution in [1.82, 2.24) is 0 Å². The zero-order chi connectivity index (χ0) is 29.9. The first kappa shape index (κ1) is 35.2. The molecule has 3 rings (SSSR count). The summed E-state index contributed by atoms with van der Waals surface area (Å²) in [5, 5.41) is 0. The van der Waals surface area contributed by atoms with Gasteiger partial charge in [-0.3, -0.25) is 0 Å². The summed E-state index contributed by atoms with van der Waals surface area (Å²) < 4.78 is 1.57. The summed E-state index contributed by atoms with van der Waals surface area (Å²) in [6.45, 7) is 9.07. The molecule has 0 saturated carbocycles. The molecule has 1 heterocycles. The number of nitrogens with zero attached hydrogens (tertiary/aromatic N) is 2. The fourth-order valence-electron chi connectivity index (χ4n) is 5.77. The van der Waals surface area contributed by atoms with E-state index in [0.717, 1.165) is 61.0 Å². The molecule has 41 heavy (non-hydrogen) atoms. The monoisotopic (exact) mass is 600 g/mol. The van der Waals surface area contributed by atoms with E-state index in [1.165, 1.54) is 86.5 Å². The van der Waals surface area contributed by atoms with E-state index in [4.69, 9.17) is 0 Å². The summed E-state index contributed by atoms with van der Waals surface area (Å²) in [4.78, 5) is 0. The zero-order valence-electron chi connectivity index (χ0n) is 27.1. The molecule has 0 N–H and O–H groups in total. The second-order valence-electron chi connectivity index (χ2n) is 11.5. The van der Waals surface area contributed by atoms with E-state index in [1.807, 2.05) is 0 Å². The number of hydrogen-bond donors (Lipinski definition) is 0. The minimum atomic E-state index is 1.02. The Morgan fingerprint density at radius 2 is 0.927 bits per heavy atom. The number of benzene rings is 2. The van der Waals surface area contributed by atoms with Gasteiger partial charge in [0.25, 0.3) is 0 Å². The first-order valence-electron chi connectivity index (χ1n) is 16.4. The summed E-state index contributed by atoms with van der Waals surface area (Å²) in [5.74, 6) is 4.12. The van der Waals surface area contributed by atoms with Gasteiger partial charge in [-0.25, -0.2) is 4.70 Å². The third-order valence-corrected chi connectivity index (χ3v) is 7.96. The molecule has 2 aromatic rings. The fraction of sp³-hybridized carbons (Fsp3) is 0.579. The van der Waals surface area contributed by atoms with Gasteiger partial charge in [-0.2, -0.15) is 0 Å². The number of aryl methyl sites for hydroxylation is 2. The summed E-state index contributed by atoms with van der Waals surface area (Å²) in [6, 6.07) is 17.9. The van der Waals surface area contributed by atoms with Crippen LogP contribution >= 0.6 is 0 Å². The molecule has 3 heteroatoms. The molecular weight excluding hydrogens is 543 g/mol. The van der Waals surface area contributed by atoms with E-state index in [2.05, 4.69) is 88.0 Å². The molecule has 0 aliphatic carbocycles. The number of allylic oxidation sites excluding steroid dienone is 2. The Morgan fingerprint density at radius 1 is 0.537 bits per heavy atom. The van der Waals surface area contributed by atoms with E-state index >= 15 is 0 Å². The van der Waals surface area contributed by atoms with Gasteiger partial charge in [0.05, 0.1) is 0 Å². The fourth-order valence-corrected chi connectivity index (χ4v) is 5.77. The number of unbranched alkanes of at least 4 members (excludes halogenated alkanes) is 8. The minimum absolute atomic E-state index is 1.02. The Labute approximate surface area is 259 Å². The van der Waals surface area contributed by atoms with Gasteiger partial charge >= 0.3 is 26.2 Å². The van der Waals surface area contributed by atoms with E-state index < -0.39 is 0 Å². The van der Waals surface area contributed by atoms with Gasteiger partial charge < -0.3 is 5.53 Å². The Kier molecular flexibility index (Phi) is 17.9. The average Bonchev–Trinajstić information content (AvgIpc) is 3.25. The van der Waals surface area contributed by atoms with Crippen LogP contribution < -0.4 is 0 Å². The molecule has 0 spiro atoms. The Balaban J connectivity index is 0.00000187. The van der Waals surface area contributed by atoms with E-state index in [-0.39, 0.29) is 0 Å². The Morgan fingerprint density at radius 3 is 1.37 bits per heavy atom. The average molecular weight is 602 g/mol. The van der Waals surface area contributed by atoms with E-state index in [1.54, 1.807) is 19.1 Å². The Bertz CT molecular complexity index is 1110. The quantitative estimate of drug-likeness (QED) is 0.0923. The maximum atomic E-state index is 11.9. The van der Waals surface area contributed by atoms with Gasteiger partial charge in [0.15, 0.2) is 0 Å². The van der Waals surface area contributed by atoms with Crippen molar-refractivity contribution in [2.24, 2.45) is 0 Å². The van der Waals surface area contributed by atoms with Crippen LogP contribution in [0.25, 0.3) is 16.9 Å². The first-order chi connectivity index (χ1) is 20.1. The molecule has 1 aliphatic heterocycles. The van der Waals surface area contributed by atoms with Crippen LogP contribution in [0.2, 0.25) is 11.8 Å². The maximum absolute atomic E-state index is 11.9. The molecule has 0 radical (unpaired) electrons. The number of hydrogen-bond acceptors (Lipinski definition) is 0. The second-order valence-corrected chi connectivity index (χ2v) is 12.5. The molecule has 0 aromatic heterocycles. The molecule has 0 amide bonds. The molecule has 0 atom stereocenters. The van der Waals surface area contributed by atoms with Gasteiger partial charge in [-0.1, -0.05) is 103 Å². The van der Waals surface area contributed by atoms with Crippen LogP contribution in [-0.2, 0) is 27.3 Å². The topological polar surface area (TPSA) is 25.3 Å². The molecule has 1 aliphatic rings. The standard InChI is InChI=1S/C36H52N2.2CH3.Ni/c1-5-9-13-16-26-34-33(25-12-8-4)35(31-23-17-21-29(27-31)19-14-10-6-2)38(37)36(34)32-24-18-22-30(28-32)20-15-11-7-3;;;/h17-18,21-24,27-28H,5-16,19-20,25-26H2,1-4H3;2*1H3;. The molecule has 0 bridgehead atoms. The van der Waals surface area contributed by atoms with Gasteiger partial charge in [0.1, 0.15) is 0 Å². The van der Waals surface area contributed by atoms with Crippen LogP contribution in [0, 0.1) is 0 Å². The van der Waals surface area contributed by atoms with Gasteiger partial charge in [-0.05, 0) is 86.8 Å². The van der Waals surface area contributed by atoms with E-state index in [9.17, 15) is 5.53 Å². The third-order valence-electron chi connectivity index (χ3n) is 7.96. The van der Waals surface area contributed by atoms with Gasteiger partial charge in [-0.15, -0.1) is 0 Å². The van der Waals surface area contributed by atoms with Crippen molar-refractivity contribution in [3.8, 4) is 0 Å². The van der Waals surface area contributed by atoms with Gasteiger partial charge in [0.2, 0.25) is 11.4 Å². The van der Waals surface area contributed by atoms with Crippen LogP contribution in [0.1, 0.15) is 140 Å². The van der Waals surface area contributed by atoms with Crippen LogP contribution in [0.3, 0.4) is 0 Å². The zero-order valence-corrected chi connectivity index (χ0v) is 28.1. The molecular formula is C38H58N2Ni. The third kappa shape index (κ3) is 11.3. The summed E-state index contributed by atoms with van der Waals surface area (Å²) in [7, 11) is 0. The van der Waals surface area contributed by atoms with Crippen LogP contribution in [0.5, 0.6) is 0 Å². The predicted octanol–water partition coefficient (Wildman–Crippen LogP) is 12.6. The summed E-state index contributed by atoms with van der Waals surface area (Å²) in [6.07, 6.45) is 19.0. The van der Waals surface area contributed by atoms with Crippen LogP contribution in [-0.4, -0.2) is 4.70 Å². The first-order valence-corrected chi connectivity index (χ1v) is 18.4. The van der Waals surface area contributed by atoms with Crippen molar-refractivity contribution in [2.75, 3.05) is 0 Å². The van der Waals surface area contributed by atoms with Crippen molar-refractivity contribution >= 4 is 11.4 Å².